The highest BCUT2D eigenvalue weighted by atomic mass is 35.5. The average molecular weight is 289 g/mol. The van der Waals surface area contributed by atoms with Crippen LogP contribution in [0.15, 0.2) is 12.1 Å². The van der Waals surface area contributed by atoms with Crippen LogP contribution in [-0.4, -0.2) is 23.4 Å². The van der Waals surface area contributed by atoms with E-state index in [0.717, 1.165) is 15.6 Å². The number of amides is 1. The number of rotatable bonds is 6. The van der Waals surface area contributed by atoms with Crippen LogP contribution in [0.5, 0.6) is 0 Å². The molecular weight excluding hydrogens is 268 g/mol. The van der Waals surface area contributed by atoms with Crippen LogP contribution >= 0.6 is 22.9 Å². The Hall–Kier alpha value is -0.580. The minimum atomic E-state index is -0.402. The quantitative estimate of drug-likeness (QED) is 0.874. The number of likely N-dealkylation sites (N-methyl/N-ethyl adjacent to an activating group) is 1. The molecule has 18 heavy (non-hydrogen) atoms. The van der Waals surface area contributed by atoms with Crippen LogP contribution in [0.1, 0.15) is 32.1 Å². The van der Waals surface area contributed by atoms with E-state index in [1.165, 1.54) is 11.3 Å². The number of hydrogen-bond donors (Lipinski definition) is 1. The first kappa shape index (κ1) is 15.5. The summed E-state index contributed by atoms with van der Waals surface area (Å²) in [7, 11) is 0. The fraction of sp³-hybridized carbons (Fsp3) is 0.615. The van der Waals surface area contributed by atoms with E-state index < -0.39 is 6.04 Å². The normalized spacial score (nSPS) is 12.8. The lowest BCUT2D eigenvalue weighted by molar-refractivity contribution is -0.133. The highest BCUT2D eigenvalue weighted by Gasteiger charge is 2.21. The van der Waals surface area contributed by atoms with Crippen molar-refractivity contribution in [2.24, 2.45) is 11.7 Å². The zero-order valence-electron chi connectivity index (χ0n) is 11.1. The van der Waals surface area contributed by atoms with Crippen LogP contribution < -0.4 is 5.73 Å². The maximum Gasteiger partial charge on any atom is 0.239 e. The van der Waals surface area contributed by atoms with Crippen molar-refractivity contribution in [3.05, 3.63) is 21.3 Å². The standard InChI is InChI=1S/C13H21ClN2OS/c1-4-16(8-10-5-6-12(14)18-10)13(17)11(15)7-9(2)3/h5-6,9,11H,4,7-8,15H2,1-3H3/t11-/m0/s1. The molecule has 1 aromatic heterocycles. The smallest absolute Gasteiger partial charge is 0.239 e. The van der Waals surface area contributed by atoms with Gasteiger partial charge in [0.2, 0.25) is 5.91 Å². The highest BCUT2D eigenvalue weighted by Crippen LogP contribution is 2.23. The zero-order valence-corrected chi connectivity index (χ0v) is 12.7. The Morgan fingerprint density at radius 3 is 2.61 bits per heavy atom. The summed E-state index contributed by atoms with van der Waals surface area (Å²) in [6.07, 6.45) is 0.723. The Kier molecular flexibility index (Phi) is 6.12. The predicted octanol–water partition coefficient (Wildman–Crippen LogP) is 3.12. The summed E-state index contributed by atoms with van der Waals surface area (Å²) in [6, 6.07) is 3.41. The van der Waals surface area contributed by atoms with E-state index in [2.05, 4.69) is 13.8 Å². The van der Waals surface area contributed by atoms with Crippen molar-refractivity contribution in [2.75, 3.05) is 6.54 Å². The summed E-state index contributed by atoms with van der Waals surface area (Å²) in [5.74, 6) is 0.453. The molecule has 0 aromatic carbocycles. The molecule has 0 radical (unpaired) electrons. The van der Waals surface area contributed by atoms with E-state index in [1.807, 2.05) is 19.1 Å². The lowest BCUT2D eigenvalue weighted by Gasteiger charge is -2.24. The van der Waals surface area contributed by atoms with Crippen molar-refractivity contribution in [3.63, 3.8) is 0 Å². The fourth-order valence-corrected chi connectivity index (χ4v) is 2.92. The van der Waals surface area contributed by atoms with E-state index >= 15 is 0 Å². The van der Waals surface area contributed by atoms with Gasteiger partial charge in [0, 0.05) is 11.4 Å². The molecule has 0 aliphatic rings. The maximum absolute atomic E-state index is 12.2. The maximum atomic E-state index is 12.2. The molecule has 0 aliphatic carbocycles. The largest absolute Gasteiger partial charge is 0.336 e. The third-order valence-corrected chi connectivity index (χ3v) is 3.93. The van der Waals surface area contributed by atoms with Gasteiger partial charge in [0.05, 0.1) is 16.9 Å². The zero-order chi connectivity index (χ0) is 13.7. The molecule has 0 bridgehead atoms. The van der Waals surface area contributed by atoms with Crippen molar-refractivity contribution in [1.29, 1.82) is 0 Å². The molecule has 0 aliphatic heterocycles. The molecule has 1 aromatic rings. The molecule has 102 valence electrons. The van der Waals surface area contributed by atoms with E-state index in [-0.39, 0.29) is 5.91 Å². The van der Waals surface area contributed by atoms with Gasteiger partial charge in [0.25, 0.3) is 0 Å². The molecule has 0 unspecified atom stereocenters. The van der Waals surface area contributed by atoms with Gasteiger partial charge >= 0.3 is 0 Å². The Bertz CT molecular complexity index is 392. The lowest BCUT2D eigenvalue weighted by Crippen LogP contribution is -2.43. The molecule has 0 saturated heterocycles. The monoisotopic (exact) mass is 288 g/mol. The fourth-order valence-electron chi connectivity index (χ4n) is 1.81. The molecule has 0 spiro atoms. The van der Waals surface area contributed by atoms with Gasteiger partial charge < -0.3 is 10.6 Å². The molecule has 3 nitrogen and oxygen atoms in total. The van der Waals surface area contributed by atoms with Crippen molar-refractivity contribution >= 4 is 28.8 Å². The van der Waals surface area contributed by atoms with E-state index in [0.29, 0.717) is 19.0 Å². The van der Waals surface area contributed by atoms with E-state index in [9.17, 15) is 4.79 Å². The number of nitrogens with two attached hydrogens (primary N) is 1. The SMILES string of the molecule is CCN(Cc1ccc(Cl)s1)C(=O)[C@@H](N)CC(C)C. The average Bonchev–Trinajstić information content (AvgIpc) is 2.70. The third kappa shape index (κ3) is 4.59. The van der Waals surface area contributed by atoms with Crippen molar-refractivity contribution in [3.8, 4) is 0 Å². The minimum Gasteiger partial charge on any atom is -0.336 e. The molecule has 5 heteroatoms. The number of carbonyl (C=O) groups is 1. The van der Waals surface area contributed by atoms with Gasteiger partial charge in [-0.25, -0.2) is 0 Å². The van der Waals surface area contributed by atoms with Gasteiger partial charge in [-0.15, -0.1) is 11.3 Å². The van der Waals surface area contributed by atoms with Crippen molar-refractivity contribution in [1.82, 2.24) is 4.90 Å². The summed E-state index contributed by atoms with van der Waals surface area (Å²) in [4.78, 5) is 15.1. The Balaban J connectivity index is 2.62. The molecule has 0 fully saturated rings. The molecule has 0 saturated carbocycles. The Morgan fingerprint density at radius 1 is 1.50 bits per heavy atom. The summed E-state index contributed by atoms with van der Waals surface area (Å²) in [6.45, 7) is 7.37. The van der Waals surface area contributed by atoms with Gasteiger partial charge in [-0.2, -0.15) is 0 Å². The first-order valence-electron chi connectivity index (χ1n) is 6.22. The molecule has 1 atom stereocenters. The molecule has 1 heterocycles. The van der Waals surface area contributed by atoms with Crippen LogP contribution in [0.3, 0.4) is 0 Å². The molecule has 1 rings (SSSR count). The first-order valence-corrected chi connectivity index (χ1v) is 7.42. The third-order valence-electron chi connectivity index (χ3n) is 2.71. The number of halogens is 1. The van der Waals surface area contributed by atoms with Crippen molar-refractivity contribution < 1.29 is 4.79 Å². The van der Waals surface area contributed by atoms with Gasteiger partial charge in [-0.05, 0) is 31.4 Å². The first-order chi connectivity index (χ1) is 8.43. The summed E-state index contributed by atoms with van der Waals surface area (Å²) in [5, 5.41) is 0. The topological polar surface area (TPSA) is 46.3 Å². The molecule has 2 N–H and O–H groups in total. The highest BCUT2D eigenvalue weighted by molar-refractivity contribution is 7.16. The minimum absolute atomic E-state index is 0.0238. The number of thiophene rings is 1. The van der Waals surface area contributed by atoms with Crippen LogP contribution in [0, 0.1) is 5.92 Å². The lowest BCUT2D eigenvalue weighted by atomic mass is 10.0. The van der Waals surface area contributed by atoms with Crippen LogP contribution in [-0.2, 0) is 11.3 Å². The van der Waals surface area contributed by atoms with Gasteiger partial charge in [0.1, 0.15) is 0 Å². The number of hydrogen-bond acceptors (Lipinski definition) is 3. The van der Waals surface area contributed by atoms with E-state index in [4.69, 9.17) is 17.3 Å². The van der Waals surface area contributed by atoms with Crippen molar-refractivity contribution in [2.45, 2.75) is 39.8 Å². The second-order valence-corrected chi connectivity index (χ2v) is 6.59. The van der Waals surface area contributed by atoms with Gasteiger partial charge in [-0.3, -0.25) is 4.79 Å². The molecule has 1 amide bonds. The van der Waals surface area contributed by atoms with Gasteiger partial charge in [0.15, 0.2) is 0 Å². The summed E-state index contributed by atoms with van der Waals surface area (Å²) >= 11 is 7.39. The number of carbonyl (C=O) groups excluding carboxylic acids is 1. The second-order valence-electron chi connectivity index (χ2n) is 4.79. The summed E-state index contributed by atoms with van der Waals surface area (Å²) in [5.41, 5.74) is 5.94. The Morgan fingerprint density at radius 2 is 2.17 bits per heavy atom. The van der Waals surface area contributed by atoms with E-state index in [1.54, 1.807) is 4.90 Å². The van der Waals surface area contributed by atoms with Crippen LogP contribution in [0.4, 0.5) is 0 Å². The second kappa shape index (κ2) is 7.12. The van der Waals surface area contributed by atoms with Crippen LogP contribution in [0.2, 0.25) is 4.34 Å². The molecular formula is C13H21ClN2OS. The van der Waals surface area contributed by atoms with Crippen LogP contribution in [0.25, 0.3) is 0 Å². The number of nitrogens with zero attached hydrogens (tertiary/aromatic N) is 1. The van der Waals surface area contributed by atoms with Gasteiger partial charge in [-0.1, -0.05) is 25.4 Å². The summed E-state index contributed by atoms with van der Waals surface area (Å²) < 4.78 is 0.750. The predicted molar refractivity (Wildman–Crippen MR) is 77.9 cm³/mol. The Labute approximate surface area is 118 Å².